The smallest absolute Gasteiger partial charge is 0.307 e. The van der Waals surface area contributed by atoms with Gasteiger partial charge in [0.05, 0.1) is 48.3 Å². The van der Waals surface area contributed by atoms with Gasteiger partial charge in [0.2, 0.25) is 0 Å². The zero-order valence-corrected chi connectivity index (χ0v) is 22.5. The Morgan fingerprint density at radius 2 is 1.85 bits per heavy atom. The summed E-state index contributed by atoms with van der Waals surface area (Å²) in [6, 6.07) is 23.6. The van der Waals surface area contributed by atoms with Crippen LogP contribution in [0.2, 0.25) is 0 Å². The lowest BCUT2D eigenvalue weighted by Crippen LogP contribution is -2.35. The van der Waals surface area contributed by atoms with Crippen LogP contribution >= 0.6 is 0 Å². The molecule has 7 rings (SSSR count). The second-order valence-electron chi connectivity index (χ2n) is 10.6. The van der Waals surface area contributed by atoms with Crippen LogP contribution in [0.4, 0.5) is 0 Å². The minimum absolute atomic E-state index is 0.0118. The van der Waals surface area contributed by atoms with Gasteiger partial charge in [0.1, 0.15) is 6.61 Å². The number of rotatable bonds is 5. The van der Waals surface area contributed by atoms with Crippen LogP contribution in [-0.4, -0.2) is 33.4 Å². The number of oxime groups is 1. The number of hydrogen-bond acceptors (Lipinski definition) is 7. The number of nitrogens with zero attached hydrogens (tertiary/aromatic N) is 3. The summed E-state index contributed by atoms with van der Waals surface area (Å²) in [7, 11) is 0. The molecule has 8 heteroatoms. The molecule has 4 heterocycles. The first-order valence-corrected chi connectivity index (χ1v) is 13.7. The molecule has 0 amide bonds. The predicted molar refractivity (Wildman–Crippen MR) is 156 cm³/mol. The maximum Gasteiger partial charge on any atom is 0.307 e. The Balaban J connectivity index is 1.36. The fourth-order valence-corrected chi connectivity index (χ4v) is 6.12. The monoisotopic (exact) mass is 545 g/mol. The predicted octanol–water partition coefficient (Wildman–Crippen LogP) is 5.08. The Morgan fingerprint density at radius 1 is 1.05 bits per heavy atom. The summed E-state index contributed by atoms with van der Waals surface area (Å²) in [5.41, 5.74) is 3.69. The van der Waals surface area contributed by atoms with Crippen molar-refractivity contribution in [3.63, 3.8) is 0 Å². The van der Waals surface area contributed by atoms with Gasteiger partial charge in [-0.15, -0.1) is 0 Å². The van der Waals surface area contributed by atoms with Crippen LogP contribution in [0, 0.1) is 0 Å². The summed E-state index contributed by atoms with van der Waals surface area (Å²) in [6.07, 6.45) is 2.18. The first-order valence-electron chi connectivity index (χ1n) is 13.7. The van der Waals surface area contributed by atoms with Gasteiger partial charge in [0.15, 0.2) is 5.75 Å². The molecule has 204 valence electrons. The van der Waals surface area contributed by atoms with E-state index in [2.05, 4.69) is 5.16 Å². The van der Waals surface area contributed by atoms with Crippen LogP contribution in [0.15, 0.2) is 82.7 Å². The number of aliphatic hydroxyl groups excluding tert-OH is 1. The van der Waals surface area contributed by atoms with Crippen LogP contribution < -0.4 is 10.4 Å². The highest BCUT2D eigenvalue weighted by Crippen LogP contribution is 2.41. The molecule has 0 fully saturated rings. The summed E-state index contributed by atoms with van der Waals surface area (Å²) >= 11 is 0. The molecule has 3 aromatic carbocycles. The Labute approximate surface area is 235 Å². The number of fused-ring (bicyclic) bond motifs is 6. The number of benzene rings is 3. The van der Waals surface area contributed by atoms with Crippen molar-refractivity contribution < 1.29 is 19.5 Å². The van der Waals surface area contributed by atoms with Crippen LogP contribution in [0.3, 0.4) is 0 Å². The van der Waals surface area contributed by atoms with Gasteiger partial charge in [-0.2, -0.15) is 0 Å². The van der Waals surface area contributed by atoms with Crippen molar-refractivity contribution in [2.75, 3.05) is 6.61 Å². The first-order chi connectivity index (χ1) is 20.0. The topological polar surface area (TPSA) is 103 Å². The number of esters is 1. The Hall–Kier alpha value is -4.82. The van der Waals surface area contributed by atoms with Crippen LogP contribution in [0.25, 0.3) is 33.1 Å². The van der Waals surface area contributed by atoms with Gasteiger partial charge in [-0.25, -0.2) is 4.98 Å². The third-order valence-corrected chi connectivity index (χ3v) is 8.47. The molecular formula is C33H27N3O5. The number of carbonyl (C=O) groups is 1. The normalized spacial score (nSPS) is 17.8. The third kappa shape index (κ3) is 4.02. The quantitative estimate of drug-likeness (QED) is 0.184. The highest BCUT2D eigenvalue weighted by molar-refractivity contribution is 6.02. The van der Waals surface area contributed by atoms with Crippen molar-refractivity contribution in [3.05, 3.63) is 105 Å². The lowest BCUT2D eigenvalue weighted by Gasteiger charge is -2.30. The molecule has 0 saturated heterocycles. The summed E-state index contributed by atoms with van der Waals surface area (Å²) < 4.78 is 7.07. The van der Waals surface area contributed by atoms with Crippen molar-refractivity contribution >= 4 is 33.9 Å². The van der Waals surface area contributed by atoms with E-state index >= 15 is 0 Å². The molecule has 0 spiro atoms. The largest absolute Gasteiger partial charge is 0.461 e. The fraction of sp³-hybridized carbons (Fsp3) is 0.212. The highest BCUT2D eigenvalue weighted by atomic mass is 16.6. The lowest BCUT2D eigenvalue weighted by atomic mass is 9.74. The minimum atomic E-state index is -0.894. The average Bonchev–Trinajstić information content (AvgIpc) is 3.30. The zero-order chi connectivity index (χ0) is 28.1. The van der Waals surface area contributed by atoms with Gasteiger partial charge in [0, 0.05) is 21.9 Å². The molecule has 0 radical (unpaired) electrons. The molecule has 0 aliphatic carbocycles. The maximum atomic E-state index is 13.9. The van der Waals surface area contributed by atoms with Gasteiger partial charge in [0.25, 0.3) is 5.56 Å². The molecule has 41 heavy (non-hydrogen) atoms. The van der Waals surface area contributed by atoms with Gasteiger partial charge >= 0.3 is 5.97 Å². The summed E-state index contributed by atoms with van der Waals surface area (Å²) in [4.78, 5) is 37.0. The molecule has 2 aliphatic heterocycles. The molecule has 1 atom stereocenters. The van der Waals surface area contributed by atoms with E-state index in [4.69, 9.17) is 14.6 Å². The van der Waals surface area contributed by atoms with Crippen LogP contribution in [-0.2, 0) is 28.1 Å². The molecule has 0 saturated carbocycles. The lowest BCUT2D eigenvalue weighted by molar-refractivity contribution is -0.146. The van der Waals surface area contributed by atoms with E-state index < -0.39 is 11.4 Å². The molecule has 0 bridgehead atoms. The van der Waals surface area contributed by atoms with E-state index in [-0.39, 0.29) is 31.7 Å². The van der Waals surface area contributed by atoms with Gasteiger partial charge in [-0.3, -0.25) is 9.59 Å². The number of aliphatic hydroxyl groups is 1. The van der Waals surface area contributed by atoms with Gasteiger partial charge in [-0.05, 0) is 47.0 Å². The number of para-hydroxylation sites is 1. The number of pyridine rings is 2. The van der Waals surface area contributed by atoms with Crippen LogP contribution in [0.1, 0.15) is 42.0 Å². The fourth-order valence-electron chi connectivity index (χ4n) is 6.12. The SMILES string of the molecule is CCC1(CO)CC(=O)OCc2c1cc1n(c2=O)Cc2c-1nc1ccccc1c2/C=N/Oc1ccc2ccccc2c1. The molecular weight excluding hydrogens is 518 g/mol. The molecule has 2 aliphatic rings. The number of carbonyl (C=O) groups excluding carboxylic acids is 1. The maximum absolute atomic E-state index is 13.9. The van der Waals surface area contributed by atoms with Gasteiger partial charge < -0.3 is 19.2 Å². The standard InChI is InChI=1S/C33H27N3O5/c1-2-33(19-37)15-30(38)40-18-26-27(33)14-29-31-25(17-36(29)32(26)39)24(23-9-5-6-10-28(23)35-31)16-34-41-22-12-11-20-7-3-4-8-21(20)13-22/h3-14,16,37H,2,15,17-19H2,1H3/b34-16+. The Kier molecular flexibility index (Phi) is 5.94. The number of aromatic nitrogens is 2. The minimum Gasteiger partial charge on any atom is -0.461 e. The van der Waals surface area contributed by atoms with E-state index in [9.17, 15) is 14.7 Å². The number of cyclic esters (lactones) is 1. The molecule has 5 aromatic rings. The average molecular weight is 546 g/mol. The van der Waals surface area contributed by atoms with E-state index in [1.54, 1.807) is 10.8 Å². The number of hydrogen-bond donors (Lipinski definition) is 1. The Morgan fingerprint density at radius 3 is 2.68 bits per heavy atom. The third-order valence-electron chi connectivity index (χ3n) is 8.47. The first kappa shape index (κ1) is 25.2. The summed E-state index contributed by atoms with van der Waals surface area (Å²) in [5.74, 6) is 0.198. The second kappa shape index (κ2) is 9.67. The molecule has 1 unspecified atom stereocenters. The zero-order valence-electron chi connectivity index (χ0n) is 22.5. The van der Waals surface area contributed by atoms with Gasteiger partial charge in [-0.1, -0.05) is 60.6 Å². The van der Waals surface area contributed by atoms with E-state index in [1.807, 2.05) is 79.7 Å². The summed E-state index contributed by atoms with van der Waals surface area (Å²) in [6.45, 7) is 1.82. The van der Waals surface area contributed by atoms with Crippen molar-refractivity contribution in [2.45, 2.75) is 38.3 Å². The molecule has 2 aromatic heterocycles. The highest BCUT2D eigenvalue weighted by Gasteiger charge is 2.40. The second-order valence-corrected chi connectivity index (χ2v) is 10.6. The van der Waals surface area contributed by atoms with E-state index in [1.165, 1.54) is 0 Å². The number of ether oxygens (including phenoxy) is 1. The molecule has 8 nitrogen and oxygen atoms in total. The van der Waals surface area contributed by atoms with Crippen LogP contribution in [0.5, 0.6) is 5.75 Å². The Bertz CT molecular complexity index is 1960. The van der Waals surface area contributed by atoms with E-state index in [0.717, 1.165) is 32.8 Å². The van der Waals surface area contributed by atoms with Crippen molar-refractivity contribution in [1.82, 2.24) is 9.55 Å². The van der Waals surface area contributed by atoms with E-state index in [0.29, 0.717) is 34.7 Å². The van der Waals surface area contributed by atoms with Crippen molar-refractivity contribution in [3.8, 4) is 17.1 Å². The van der Waals surface area contributed by atoms with Crippen molar-refractivity contribution in [2.24, 2.45) is 5.16 Å². The van der Waals surface area contributed by atoms with Crippen molar-refractivity contribution in [1.29, 1.82) is 0 Å². The molecule has 1 N–H and O–H groups in total. The summed E-state index contributed by atoms with van der Waals surface area (Å²) in [5, 5.41) is 17.9.